The van der Waals surface area contributed by atoms with Crippen LogP contribution in [0.3, 0.4) is 0 Å². The summed E-state index contributed by atoms with van der Waals surface area (Å²) >= 11 is 0. The molecule has 1 N–H and O–H groups in total. The van der Waals surface area contributed by atoms with Gasteiger partial charge in [-0.3, -0.25) is 4.68 Å². The summed E-state index contributed by atoms with van der Waals surface area (Å²) in [4.78, 5) is 0. The van der Waals surface area contributed by atoms with Gasteiger partial charge < -0.3 is 9.84 Å². The number of aryl methyl sites for hydroxylation is 1. The number of halogens is 1. The van der Waals surface area contributed by atoms with Gasteiger partial charge in [0, 0.05) is 29.3 Å². The molecule has 0 amide bonds. The van der Waals surface area contributed by atoms with Crippen molar-refractivity contribution < 1.29 is 8.91 Å². The molecule has 146 valence electrons. The quantitative estimate of drug-likeness (QED) is 0.421. The Bertz CT molecular complexity index is 1060. The SMILES string of the molecule is CC(CCNCCCCn1ncc2ccccc21)c1noc2cc(F)ccc12. The molecule has 0 radical (unpaired) electrons. The van der Waals surface area contributed by atoms with Crippen LogP contribution in [0.2, 0.25) is 0 Å². The first-order valence-electron chi connectivity index (χ1n) is 9.88. The van der Waals surface area contributed by atoms with E-state index in [-0.39, 0.29) is 11.7 Å². The van der Waals surface area contributed by atoms with E-state index in [1.807, 2.05) is 12.3 Å². The van der Waals surface area contributed by atoms with Crippen molar-refractivity contribution in [3.8, 4) is 0 Å². The monoisotopic (exact) mass is 380 g/mol. The summed E-state index contributed by atoms with van der Waals surface area (Å²) in [5, 5.41) is 14.2. The van der Waals surface area contributed by atoms with Crippen LogP contribution in [0.5, 0.6) is 0 Å². The van der Waals surface area contributed by atoms with Gasteiger partial charge in [0.2, 0.25) is 0 Å². The van der Waals surface area contributed by atoms with Crippen molar-refractivity contribution in [3.05, 3.63) is 60.2 Å². The average molecular weight is 380 g/mol. The second-order valence-corrected chi connectivity index (χ2v) is 7.28. The van der Waals surface area contributed by atoms with E-state index in [2.05, 4.69) is 45.4 Å². The van der Waals surface area contributed by atoms with Crippen LogP contribution in [-0.2, 0) is 6.54 Å². The second kappa shape index (κ2) is 8.52. The van der Waals surface area contributed by atoms with Crippen LogP contribution in [0.25, 0.3) is 21.9 Å². The first-order valence-corrected chi connectivity index (χ1v) is 9.88. The third-order valence-electron chi connectivity index (χ3n) is 5.21. The van der Waals surface area contributed by atoms with Crippen molar-refractivity contribution in [2.24, 2.45) is 0 Å². The number of unbranched alkanes of at least 4 members (excludes halogenated alkanes) is 1. The largest absolute Gasteiger partial charge is 0.356 e. The maximum Gasteiger partial charge on any atom is 0.170 e. The standard InChI is InChI=1S/C22H25FN4O/c1-16(22-19-9-8-18(23)14-21(19)28-26-22)10-12-24-11-4-5-13-27-20-7-3-2-6-17(20)15-25-27/h2-3,6-9,14-16,24H,4-5,10-13H2,1H3. The van der Waals surface area contributed by atoms with Gasteiger partial charge in [-0.15, -0.1) is 0 Å². The molecule has 0 bridgehead atoms. The highest BCUT2D eigenvalue weighted by molar-refractivity contribution is 5.80. The van der Waals surface area contributed by atoms with Gasteiger partial charge in [0.05, 0.1) is 17.4 Å². The van der Waals surface area contributed by atoms with E-state index in [0.717, 1.165) is 50.0 Å². The van der Waals surface area contributed by atoms with Crippen LogP contribution >= 0.6 is 0 Å². The molecular formula is C22H25FN4O. The number of benzene rings is 2. The minimum atomic E-state index is -0.298. The minimum absolute atomic E-state index is 0.259. The Morgan fingerprint density at radius 1 is 1.14 bits per heavy atom. The molecule has 6 heteroatoms. The van der Waals surface area contributed by atoms with Crippen molar-refractivity contribution in [3.63, 3.8) is 0 Å². The minimum Gasteiger partial charge on any atom is -0.356 e. The molecule has 2 heterocycles. The molecule has 1 unspecified atom stereocenters. The van der Waals surface area contributed by atoms with Crippen molar-refractivity contribution in [1.29, 1.82) is 0 Å². The smallest absolute Gasteiger partial charge is 0.170 e. The molecule has 4 aromatic rings. The normalized spacial score (nSPS) is 12.8. The van der Waals surface area contributed by atoms with Crippen molar-refractivity contribution >= 4 is 21.9 Å². The molecule has 0 saturated carbocycles. The van der Waals surface area contributed by atoms with Crippen LogP contribution in [0.1, 0.15) is 37.8 Å². The summed E-state index contributed by atoms with van der Waals surface area (Å²) in [6.45, 7) is 4.97. The topological polar surface area (TPSA) is 55.9 Å². The molecule has 28 heavy (non-hydrogen) atoms. The van der Waals surface area contributed by atoms with E-state index in [4.69, 9.17) is 4.52 Å². The van der Waals surface area contributed by atoms with Crippen LogP contribution in [0.4, 0.5) is 4.39 Å². The maximum atomic E-state index is 13.3. The van der Waals surface area contributed by atoms with E-state index in [1.54, 1.807) is 6.07 Å². The number of para-hydroxylation sites is 1. The van der Waals surface area contributed by atoms with Crippen LogP contribution in [0.15, 0.2) is 53.2 Å². The molecule has 0 aliphatic rings. The van der Waals surface area contributed by atoms with Gasteiger partial charge in [0.15, 0.2) is 5.58 Å². The summed E-state index contributed by atoms with van der Waals surface area (Å²) in [7, 11) is 0. The highest BCUT2D eigenvalue weighted by atomic mass is 19.1. The molecule has 0 spiro atoms. The predicted molar refractivity (Wildman–Crippen MR) is 109 cm³/mol. The lowest BCUT2D eigenvalue weighted by Gasteiger charge is -2.10. The van der Waals surface area contributed by atoms with Gasteiger partial charge in [-0.25, -0.2) is 4.39 Å². The molecule has 5 nitrogen and oxygen atoms in total. The third kappa shape index (κ3) is 4.07. The Hall–Kier alpha value is -2.73. The van der Waals surface area contributed by atoms with Crippen LogP contribution in [0, 0.1) is 5.82 Å². The van der Waals surface area contributed by atoms with Gasteiger partial charge in [0.25, 0.3) is 0 Å². The number of nitrogens with zero attached hydrogens (tertiary/aromatic N) is 3. The zero-order chi connectivity index (χ0) is 19.3. The fourth-order valence-electron chi connectivity index (χ4n) is 3.58. The molecule has 2 aromatic heterocycles. The zero-order valence-corrected chi connectivity index (χ0v) is 16.1. The number of hydrogen-bond donors (Lipinski definition) is 1. The summed E-state index contributed by atoms with van der Waals surface area (Å²) in [6.07, 6.45) is 5.09. The summed E-state index contributed by atoms with van der Waals surface area (Å²) < 4.78 is 20.6. The first kappa shape index (κ1) is 18.6. The fourth-order valence-corrected chi connectivity index (χ4v) is 3.58. The van der Waals surface area contributed by atoms with E-state index in [9.17, 15) is 4.39 Å². The number of hydrogen-bond acceptors (Lipinski definition) is 4. The molecule has 0 aliphatic carbocycles. The predicted octanol–water partition coefficient (Wildman–Crippen LogP) is 4.88. The maximum absolute atomic E-state index is 13.3. The lowest BCUT2D eigenvalue weighted by atomic mass is 10.0. The van der Waals surface area contributed by atoms with Gasteiger partial charge in [-0.2, -0.15) is 5.10 Å². The van der Waals surface area contributed by atoms with E-state index >= 15 is 0 Å². The van der Waals surface area contributed by atoms with Gasteiger partial charge in [0.1, 0.15) is 5.82 Å². The Morgan fingerprint density at radius 2 is 2.04 bits per heavy atom. The Morgan fingerprint density at radius 3 is 2.96 bits per heavy atom. The molecule has 2 aromatic carbocycles. The summed E-state index contributed by atoms with van der Waals surface area (Å²) in [6, 6.07) is 12.9. The summed E-state index contributed by atoms with van der Waals surface area (Å²) in [5.41, 5.74) is 2.62. The van der Waals surface area contributed by atoms with E-state index in [1.165, 1.54) is 23.0 Å². The highest BCUT2D eigenvalue weighted by Gasteiger charge is 2.15. The second-order valence-electron chi connectivity index (χ2n) is 7.28. The van der Waals surface area contributed by atoms with E-state index < -0.39 is 0 Å². The van der Waals surface area contributed by atoms with Gasteiger partial charge in [-0.05, 0) is 50.6 Å². The average Bonchev–Trinajstić information content (AvgIpc) is 3.31. The zero-order valence-electron chi connectivity index (χ0n) is 16.1. The number of aromatic nitrogens is 3. The van der Waals surface area contributed by atoms with Crippen molar-refractivity contribution in [2.75, 3.05) is 13.1 Å². The Labute approximate surface area is 163 Å². The van der Waals surface area contributed by atoms with E-state index in [0.29, 0.717) is 5.58 Å². The molecule has 4 rings (SSSR count). The van der Waals surface area contributed by atoms with Crippen LogP contribution in [-0.4, -0.2) is 28.0 Å². The number of rotatable bonds is 9. The Kier molecular flexibility index (Phi) is 5.67. The number of fused-ring (bicyclic) bond motifs is 2. The lowest BCUT2D eigenvalue weighted by molar-refractivity contribution is 0.433. The van der Waals surface area contributed by atoms with Gasteiger partial charge in [-0.1, -0.05) is 30.3 Å². The molecule has 0 aliphatic heterocycles. The molecule has 0 saturated heterocycles. The van der Waals surface area contributed by atoms with Crippen molar-refractivity contribution in [2.45, 2.75) is 38.6 Å². The third-order valence-corrected chi connectivity index (χ3v) is 5.21. The van der Waals surface area contributed by atoms with Crippen molar-refractivity contribution in [1.82, 2.24) is 20.3 Å². The molecular weight excluding hydrogens is 355 g/mol. The van der Waals surface area contributed by atoms with Gasteiger partial charge >= 0.3 is 0 Å². The number of nitrogens with one attached hydrogen (secondary N) is 1. The Balaban J connectivity index is 1.17. The van der Waals surface area contributed by atoms with Crippen LogP contribution < -0.4 is 5.32 Å². The highest BCUT2D eigenvalue weighted by Crippen LogP contribution is 2.27. The summed E-state index contributed by atoms with van der Waals surface area (Å²) in [5.74, 6) is -0.0396. The molecule has 1 atom stereocenters. The molecule has 0 fully saturated rings. The lowest BCUT2D eigenvalue weighted by Crippen LogP contribution is -2.19. The fraction of sp³-hybridized carbons (Fsp3) is 0.364. The first-order chi connectivity index (χ1) is 13.7.